The Balaban J connectivity index is 2.38. The van der Waals surface area contributed by atoms with Crippen LogP contribution in [0.25, 0.3) is 11.3 Å². The summed E-state index contributed by atoms with van der Waals surface area (Å²) in [5, 5.41) is 18.4. The van der Waals surface area contributed by atoms with Crippen LogP contribution in [0.1, 0.15) is 35.8 Å². The second-order valence-electron chi connectivity index (χ2n) is 4.77. The molecule has 0 aliphatic carbocycles. The molecule has 7 heteroatoms. The van der Waals surface area contributed by atoms with Crippen molar-refractivity contribution in [3.63, 3.8) is 0 Å². The molecule has 0 unspecified atom stereocenters. The number of carboxylic acids is 1. The molecule has 1 heterocycles. The summed E-state index contributed by atoms with van der Waals surface area (Å²) in [5.74, 6) is -0.660. The summed E-state index contributed by atoms with van der Waals surface area (Å²) in [5.41, 5.74) is 1.21. The molecule has 0 aliphatic rings. The van der Waals surface area contributed by atoms with Crippen LogP contribution in [0.5, 0.6) is 5.75 Å². The molecular weight excluding hydrogens is 314 g/mol. The lowest BCUT2D eigenvalue weighted by molar-refractivity contribution is 0.0689. The third-order valence-electron chi connectivity index (χ3n) is 3.08. The lowest BCUT2D eigenvalue weighted by Gasteiger charge is -2.09. The third kappa shape index (κ3) is 4.20. The molecule has 0 fully saturated rings. The molecule has 0 bridgehead atoms. The van der Waals surface area contributed by atoms with Crippen LogP contribution in [-0.2, 0) is 0 Å². The first kappa shape index (κ1) is 16.8. The number of aromatic nitrogens is 2. The van der Waals surface area contributed by atoms with E-state index in [4.69, 9.17) is 9.84 Å². The number of nitriles is 1. The van der Waals surface area contributed by atoms with Crippen LogP contribution in [-0.4, -0.2) is 27.7 Å². The zero-order chi connectivity index (χ0) is 16.8. The standard InChI is InChI=1S/C16H15N3O3S/c1-2-3-6-22-14-5-4-10(7-11(14)9-17)12-8-13(15(20)21)19-16(23)18-12/h4-5,7-8H,2-3,6H2,1H3,(H,20,21)(H,18,19,23). The maximum absolute atomic E-state index is 11.1. The smallest absolute Gasteiger partial charge is 0.354 e. The molecule has 1 N–H and O–H groups in total. The molecule has 0 radical (unpaired) electrons. The zero-order valence-electron chi connectivity index (χ0n) is 12.5. The minimum atomic E-state index is -1.16. The average Bonchev–Trinajstić information content (AvgIpc) is 2.54. The number of nitrogens with zero attached hydrogens (tertiary/aromatic N) is 3. The molecule has 1 aromatic heterocycles. The summed E-state index contributed by atoms with van der Waals surface area (Å²) in [6.45, 7) is 2.60. The summed E-state index contributed by atoms with van der Waals surface area (Å²) in [6, 6.07) is 8.45. The minimum Gasteiger partial charge on any atom is -0.492 e. The fourth-order valence-electron chi connectivity index (χ4n) is 1.92. The van der Waals surface area contributed by atoms with E-state index >= 15 is 0 Å². The van der Waals surface area contributed by atoms with Gasteiger partial charge in [-0.3, -0.25) is 0 Å². The lowest BCUT2D eigenvalue weighted by Crippen LogP contribution is -2.03. The van der Waals surface area contributed by atoms with Gasteiger partial charge in [-0.15, -0.1) is 12.6 Å². The van der Waals surface area contributed by atoms with Gasteiger partial charge < -0.3 is 9.84 Å². The van der Waals surface area contributed by atoms with Crippen molar-refractivity contribution in [1.29, 1.82) is 5.26 Å². The number of thiol groups is 1. The predicted molar refractivity (Wildman–Crippen MR) is 86.8 cm³/mol. The SMILES string of the molecule is CCCCOc1ccc(-c2cc(C(=O)O)nc(S)n2)cc1C#N. The molecule has 0 saturated carbocycles. The fourth-order valence-corrected chi connectivity index (χ4v) is 2.14. The Morgan fingerprint density at radius 1 is 1.39 bits per heavy atom. The van der Waals surface area contributed by atoms with Gasteiger partial charge in [0.1, 0.15) is 11.8 Å². The third-order valence-corrected chi connectivity index (χ3v) is 3.28. The van der Waals surface area contributed by atoms with Crippen molar-refractivity contribution in [2.45, 2.75) is 24.9 Å². The topological polar surface area (TPSA) is 96.1 Å². The summed E-state index contributed by atoms with van der Waals surface area (Å²) >= 11 is 4.02. The second kappa shape index (κ2) is 7.61. The number of carboxylic acid groups (broad SMARTS) is 1. The predicted octanol–water partition coefficient (Wildman–Crippen LogP) is 3.18. The van der Waals surface area contributed by atoms with Crippen LogP contribution in [0.15, 0.2) is 29.4 Å². The van der Waals surface area contributed by atoms with Crippen LogP contribution in [0, 0.1) is 11.3 Å². The Kier molecular flexibility index (Phi) is 5.55. The lowest BCUT2D eigenvalue weighted by atomic mass is 10.1. The van der Waals surface area contributed by atoms with Gasteiger partial charge in [0.05, 0.1) is 17.9 Å². The first-order chi connectivity index (χ1) is 11.0. The molecule has 1 aromatic carbocycles. The highest BCUT2D eigenvalue weighted by molar-refractivity contribution is 7.80. The molecule has 118 valence electrons. The van der Waals surface area contributed by atoms with Crippen molar-refractivity contribution < 1.29 is 14.6 Å². The number of hydrogen-bond acceptors (Lipinski definition) is 6. The number of hydrogen-bond donors (Lipinski definition) is 2. The van der Waals surface area contributed by atoms with Gasteiger partial charge >= 0.3 is 5.97 Å². The molecule has 2 aromatic rings. The van der Waals surface area contributed by atoms with Gasteiger partial charge in [0.25, 0.3) is 0 Å². The van der Waals surface area contributed by atoms with Gasteiger partial charge in [-0.1, -0.05) is 13.3 Å². The Labute approximate surface area is 139 Å². The average molecular weight is 329 g/mol. The van der Waals surface area contributed by atoms with Gasteiger partial charge in [0, 0.05) is 5.56 Å². The van der Waals surface area contributed by atoms with Crippen LogP contribution < -0.4 is 4.74 Å². The summed E-state index contributed by atoms with van der Waals surface area (Å²) in [6.07, 6.45) is 1.91. The number of ether oxygens (including phenoxy) is 1. The van der Waals surface area contributed by atoms with Gasteiger partial charge in [0.15, 0.2) is 10.9 Å². The van der Waals surface area contributed by atoms with E-state index in [9.17, 15) is 10.1 Å². The van der Waals surface area contributed by atoms with E-state index < -0.39 is 5.97 Å². The van der Waals surface area contributed by atoms with E-state index in [0.717, 1.165) is 12.8 Å². The molecule has 0 amide bonds. The van der Waals surface area contributed by atoms with Gasteiger partial charge in [-0.2, -0.15) is 5.26 Å². The highest BCUT2D eigenvalue weighted by Gasteiger charge is 2.12. The van der Waals surface area contributed by atoms with E-state index in [1.165, 1.54) is 6.07 Å². The number of benzene rings is 1. The van der Waals surface area contributed by atoms with Gasteiger partial charge in [-0.25, -0.2) is 14.8 Å². The van der Waals surface area contributed by atoms with E-state index in [1.807, 2.05) is 0 Å². The minimum absolute atomic E-state index is 0.0571. The van der Waals surface area contributed by atoms with Crippen LogP contribution in [0.4, 0.5) is 0 Å². The molecule has 0 spiro atoms. The van der Waals surface area contributed by atoms with Gasteiger partial charge in [-0.05, 0) is 30.7 Å². The van der Waals surface area contributed by atoms with Crippen molar-refractivity contribution in [3.05, 3.63) is 35.5 Å². The summed E-state index contributed by atoms with van der Waals surface area (Å²) in [7, 11) is 0. The molecule has 2 rings (SSSR count). The highest BCUT2D eigenvalue weighted by atomic mass is 32.1. The first-order valence-electron chi connectivity index (χ1n) is 7.03. The van der Waals surface area contributed by atoms with Crippen LogP contribution >= 0.6 is 12.6 Å². The van der Waals surface area contributed by atoms with E-state index in [0.29, 0.717) is 29.2 Å². The Bertz CT molecular complexity index is 772. The van der Waals surface area contributed by atoms with Crippen molar-refractivity contribution in [2.24, 2.45) is 0 Å². The maximum Gasteiger partial charge on any atom is 0.354 e. The maximum atomic E-state index is 11.1. The first-order valence-corrected chi connectivity index (χ1v) is 7.48. The van der Waals surface area contributed by atoms with Crippen molar-refractivity contribution >= 4 is 18.6 Å². The second-order valence-corrected chi connectivity index (χ2v) is 5.17. The molecular formula is C16H15N3O3S. The Morgan fingerprint density at radius 3 is 2.83 bits per heavy atom. The molecule has 0 aliphatic heterocycles. The molecule has 23 heavy (non-hydrogen) atoms. The van der Waals surface area contributed by atoms with Crippen molar-refractivity contribution in [2.75, 3.05) is 6.61 Å². The molecule has 0 saturated heterocycles. The summed E-state index contributed by atoms with van der Waals surface area (Å²) in [4.78, 5) is 18.9. The quantitative estimate of drug-likeness (QED) is 0.480. The fraction of sp³-hybridized carbons (Fsp3) is 0.250. The number of unbranched alkanes of at least 4 members (excludes halogenated alkanes) is 1. The number of rotatable bonds is 6. The zero-order valence-corrected chi connectivity index (χ0v) is 13.4. The largest absolute Gasteiger partial charge is 0.492 e. The van der Waals surface area contributed by atoms with E-state index in [2.05, 4.69) is 35.6 Å². The number of aromatic carboxylic acids is 1. The van der Waals surface area contributed by atoms with Crippen molar-refractivity contribution in [1.82, 2.24) is 9.97 Å². The molecule has 6 nitrogen and oxygen atoms in total. The van der Waals surface area contributed by atoms with E-state index in [-0.39, 0.29) is 10.9 Å². The van der Waals surface area contributed by atoms with Gasteiger partial charge in [0.2, 0.25) is 0 Å². The number of carbonyl (C=O) groups is 1. The highest BCUT2D eigenvalue weighted by Crippen LogP contribution is 2.26. The van der Waals surface area contributed by atoms with Crippen LogP contribution in [0.3, 0.4) is 0 Å². The Hall–Kier alpha value is -2.59. The normalized spacial score (nSPS) is 10.1. The van der Waals surface area contributed by atoms with E-state index in [1.54, 1.807) is 18.2 Å². The van der Waals surface area contributed by atoms with Crippen LogP contribution in [0.2, 0.25) is 0 Å². The summed E-state index contributed by atoms with van der Waals surface area (Å²) < 4.78 is 5.58. The van der Waals surface area contributed by atoms with Crippen molar-refractivity contribution in [3.8, 4) is 23.1 Å². The molecule has 0 atom stereocenters. The monoisotopic (exact) mass is 329 g/mol. The Morgan fingerprint density at radius 2 is 2.17 bits per heavy atom.